The third-order valence-corrected chi connectivity index (χ3v) is 5.43. The summed E-state index contributed by atoms with van der Waals surface area (Å²) in [6, 6.07) is 17.1. The zero-order valence-corrected chi connectivity index (χ0v) is 15.4. The smallest absolute Gasteiger partial charge is 0.255 e. The summed E-state index contributed by atoms with van der Waals surface area (Å²) >= 11 is 3.19. The Bertz CT molecular complexity index is 819. The SMILES string of the molecule is CCNc1nnc(SCc2ccc(C(=O)Nc3ccccc3)cc2)s1. The highest BCUT2D eigenvalue weighted by Crippen LogP contribution is 2.28. The molecule has 7 heteroatoms. The summed E-state index contributed by atoms with van der Waals surface area (Å²) in [6.45, 7) is 2.87. The van der Waals surface area contributed by atoms with Crippen LogP contribution >= 0.6 is 23.1 Å². The highest BCUT2D eigenvalue weighted by Gasteiger charge is 2.07. The Hall–Kier alpha value is -2.38. The number of anilines is 2. The molecule has 2 N–H and O–H groups in total. The Morgan fingerprint density at radius 3 is 2.56 bits per heavy atom. The second-order valence-electron chi connectivity index (χ2n) is 5.21. The first-order valence-corrected chi connectivity index (χ1v) is 9.70. The lowest BCUT2D eigenvalue weighted by molar-refractivity contribution is 0.102. The Morgan fingerprint density at radius 1 is 1.08 bits per heavy atom. The maximum absolute atomic E-state index is 12.2. The van der Waals surface area contributed by atoms with Crippen molar-refractivity contribution in [1.82, 2.24) is 10.2 Å². The van der Waals surface area contributed by atoms with Crippen LogP contribution in [0.5, 0.6) is 0 Å². The van der Waals surface area contributed by atoms with Crippen molar-refractivity contribution in [3.8, 4) is 0 Å². The predicted molar refractivity (Wildman–Crippen MR) is 104 cm³/mol. The second kappa shape index (κ2) is 8.64. The highest BCUT2D eigenvalue weighted by atomic mass is 32.2. The van der Waals surface area contributed by atoms with E-state index in [1.165, 1.54) is 0 Å². The van der Waals surface area contributed by atoms with Gasteiger partial charge in [0.05, 0.1) is 0 Å². The first-order valence-electron chi connectivity index (χ1n) is 7.90. The first-order chi connectivity index (χ1) is 12.2. The van der Waals surface area contributed by atoms with Crippen LogP contribution in [-0.2, 0) is 5.75 Å². The number of hydrogen-bond donors (Lipinski definition) is 2. The molecule has 5 nitrogen and oxygen atoms in total. The van der Waals surface area contributed by atoms with Crippen molar-refractivity contribution < 1.29 is 4.79 Å². The van der Waals surface area contributed by atoms with Crippen molar-refractivity contribution in [3.63, 3.8) is 0 Å². The van der Waals surface area contributed by atoms with Gasteiger partial charge in [-0.15, -0.1) is 10.2 Å². The summed E-state index contributed by atoms with van der Waals surface area (Å²) in [5, 5.41) is 15.1. The number of benzene rings is 2. The Kier molecular flexibility index (Phi) is 6.03. The van der Waals surface area contributed by atoms with E-state index < -0.39 is 0 Å². The summed E-state index contributed by atoms with van der Waals surface area (Å²) in [6.07, 6.45) is 0. The zero-order valence-electron chi connectivity index (χ0n) is 13.7. The average Bonchev–Trinajstić information content (AvgIpc) is 3.09. The van der Waals surface area contributed by atoms with E-state index in [-0.39, 0.29) is 5.91 Å². The van der Waals surface area contributed by atoms with E-state index in [0.717, 1.165) is 33.0 Å². The summed E-state index contributed by atoms with van der Waals surface area (Å²) in [5.41, 5.74) is 2.57. The van der Waals surface area contributed by atoms with Gasteiger partial charge in [0.25, 0.3) is 5.91 Å². The summed E-state index contributed by atoms with van der Waals surface area (Å²) in [5.74, 6) is 0.686. The minimum atomic E-state index is -0.107. The fourth-order valence-corrected chi connectivity index (χ4v) is 3.89. The highest BCUT2D eigenvalue weighted by molar-refractivity contribution is 8.00. The monoisotopic (exact) mass is 370 g/mol. The van der Waals surface area contributed by atoms with Crippen LogP contribution in [0.3, 0.4) is 0 Å². The standard InChI is InChI=1S/C18H18N4OS2/c1-2-19-17-21-22-18(25-17)24-12-13-8-10-14(11-9-13)16(23)20-15-6-4-3-5-7-15/h3-11H,2,12H2,1H3,(H,19,21)(H,20,23). The minimum Gasteiger partial charge on any atom is -0.360 e. The number of thioether (sulfide) groups is 1. The maximum atomic E-state index is 12.2. The number of nitrogens with one attached hydrogen (secondary N) is 2. The van der Waals surface area contributed by atoms with Crippen molar-refractivity contribution in [3.05, 3.63) is 65.7 Å². The van der Waals surface area contributed by atoms with Gasteiger partial charge in [0.15, 0.2) is 4.34 Å². The molecule has 0 fully saturated rings. The van der Waals surface area contributed by atoms with Crippen LogP contribution in [-0.4, -0.2) is 22.6 Å². The summed E-state index contributed by atoms with van der Waals surface area (Å²) in [4.78, 5) is 12.2. The van der Waals surface area contributed by atoms with Crippen LogP contribution in [0, 0.1) is 0 Å². The molecule has 0 atom stereocenters. The van der Waals surface area contributed by atoms with Gasteiger partial charge in [0, 0.05) is 23.5 Å². The number of carbonyl (C=O) groups excluding carboxylic acids is 1. The van der Waals surface area contributed by atoms with Gasteiger partial charge in [-0.2, -0.15) is 0 Å². The van der Waals surface area contributed by atoms with Crippen LogP contribution in [0.4, 0.5) is 10.8 Å². The van der Waals surface area contributed by atoms with Crippen LogP contribution < -0.4 is 10.6 Å². The van der Waals surface area contributed by atoms with Crippen molar-refractivity contribution in [2.45, 2.75) is 17.0 Å². The molecular weight excluding hydrogens is 352 g/mol. The molecular formula is C18H18N4OS2. The van der Waals surface area contributed by atoms with Crippen molar-refractivity contribution in [2.24, 2.45) is 0 Å². The molecule has 0 aliphatic rings. The quantitative estimate of drug-likeness (QED) is 0.599. The van der Waals surface area contributed by atoms with E-state index in [1.807, 2.05) is 61.5 Å². The van der Waals surface area contributed by atoms with Crippen LogP contribution in [0.1, 0.15) is 22.8 Å². The van der Waals surface area contributed by atoms with E-state index in [2.05, 4.69) is 20.8 Å². The molecule has 3 aromatic rings. The molecule has 0 spiro atoms. The summed E-state index contributed by atoms with van der Waals surface area (Å²) < 4.78 is 0.932. The minimum absolute atomic E-state index is 0.107. The predicted octanol–water partition coefficient (Wildman–Crippen LogP) is 4.51. The molecule has 1 amide bonds. The average molecular weight is 371 g/mol. The number of nitrogens with zero attached hydrogens (tertiary/aromatic N) is 2. The van der Waals surface area contributed by atoms with Gasteiger partial charge < -0.3 is 10.6 Å². The molecule has 0 aliphatic heterocycles. The molecule has 0 radical (unpaired) electrons. The largest absolute Gasteiger partial charge is 0.360 e. The Labute approximate surface area is 154 Å². The molecule has 1 heterocycles. The lowest BCUT2D eigenvalue weighted by Gasteiger charge is -2.06. The number of rotatable bonds is 7. The molecule has 0 unspecified atom stereocenters. The van der Waals surface area contributed by atoms with Gasteiger partial charge in [0.1, 0.15) is 0 Å². The van der Waals surface area contributed by atoms with Crippen molar-refractivity contribution in [2.75, 3.05) is 17.2 Å². The molecule has 2 aromatic carbocycles. The summed E-state index contributed by atoms with van der Waals surface area (Å²) in [7, 11) is 0. The van der Waals surface area contributed by atoms with Crippen LogP contribution in [0.2, 0.25) is 0 Å². The van der Waals surface area contributed by atoms with Gasteiger partial charge in [-0.05, 0) is 36.8 Å². The van der Waals surface area contributed by atoms with Crippen LogP contribution in [0.25, 0.3) is 0 Å². The van der Waals surface area contributed by atoms with Gasteiger partial charge in [-0.1, -0.05) is 53.4 Å². The number of aromatic nitrogens is 2. The molecule has 0 saturated heterocycles. The van der Waals surface area contributed by atoms with E-state index in [4.69, 9.17) is 0 Å². The van der Waals surface area contributed by atoms with Crippen molar-refractivity contribution >= 4 is 39.8 Å². The maximum Gasteiger partial charge on any atom is 0.255 e. The Morgan fingerprint density at radius 2 is 1.84 bits per heavy atom. The van der Waals surface area contributed by atoms with Crippen LogP contribution in [0.15, 0.2) is 58.9 Å². The number of carbonyl (C=O) groups is 1. The molecule has 0 aliphatic carbocycles. The van der Waals surface area contributed by atoms with Gasteiger partial charge in [-0.3, -0.25) is 4.79 Å². The fourth-order valence-electron chi connectivity index (χ4n) is 2.11. The van der Waals surface area contributed by atoms with Gasteiger partial charge >= 0.3 is 0 Å². The molecule has 25 heavy (non-hydrogen) atoms. The fraction of sp³-hybridized carbons (Fsp3) is 0.167. The molecule has 3 rings (SSSR count). The molecule has 128 valence electrons. The third kappa shape index (κ3) is 5.04. The molecule has 1 aromatic heterocycles. The van der Waals surface area contributed by atoms with Gasteiger partial charge in [-0.25, -0.2) is 0 Å². The van der Waals surface area contributed by atoms with Crippen molar-refractivity contribution in [1.29, 1.82) is 0 Å². The van der Waals surface area contributed by atoms with E-state index in [1.54, 1.807) is 23.1 Å². The first kappa shape index (κ1) is 17.4. The Balaban J connectivity index is 1.55. The number of hydrogen-bond acceptors (Lipinski definition) is 6. The zero-order chi connectivity index (χ0) is 17.5. The topological polar surface area (TPSA) is 66.9 Å². The molecule has 0 saturated carbocycles. The second-order valence-corrected chi connectivity index (χ2v) is 7.41. The van der Waals surface area contributed by atoms with E-state index in [0.29, 0.717) is 5.56 Å². The lowest BCUT2D eigenvalue weighted by Crippen LogP contribution is -2.11. The normalized spacial score (nSPS) is 10.4. The third-order valence-electron chi connectivity index (χ3n) is 3.34. The molecule has 0 bridgehead atoms. The lowest BCUT2D eigenvalue weighted by atomic mass is 10.1. The van der Waals surface area contributed by atoms with Gasteiger partial charge in [0.2, 0.25) is 5.13 Å². The van der Waals surface area contributed by atoms with E-state index in [9.17, 15) is 4.79 Å². The number of amides is 1. The number of para-hydroxylation sites is 1. The van der Waals surface area contributed by atoms with E-state index >= 15 is 0 Å².